The van der Waals surface area contributed by atoms with Crippen molar-refractivity contribution in [3.63, 3.8) is 0 Å². The van der Waals surface area contributed by atoms with E-state index in [1.165, 1.54) is 54.6 Å². The summed E-state index contributed by atoms with van der Waals surface area (Å²) < 4.78 is 2.41. The summed E-state index contributed by atoms with van der Waals surface area (Å²) in [4.78, 5) is 2.58. The monoisotopic (exact) mass is 281 g/mol. The topological polar surface area (TPSA) is 34.2 Å². The third kappa shape index (κ3) is 1.43. The molecule has 1 saturated heterocycles. The van der Waals surface area contributed by atoms with Crippen LogP contribution in [0.1, 0.15) is 49.1 Å². The van der Waals surface area contributed by atoms with Crippen LogP contribution in [0.2, 0.25) is 0 Å². The van der Waals surface area contributed by atoms with Crippen LogP contribution in [0.5, 0.6) is 0 Å². The van der Waals surface area contributed by atoms with Crippen molar-refractivity contribution in [2.75, 3.05) is 18.0 Å². The molecule has 6 rings (SSSR count). The quantitative estimate of drug-likeness (QED) is 0.871. The Kier molecular flexibility index (Phi) is 2.21. The summed E-state index contributed by atoms with van der Waals surface area (Å²) in [7, 11) is 2.23. The van der Waals surface area contributed by atoms with Crippen molar-refractivity contribution in [2.24, 2.45) is 12.8 Å². The maximum Gasteiger partial charge on any atom is 0.112 e. The number of nitrogens with two attached hydrogens (primary N) is 1. The maximum absolute atomic E-state index is 6.56. The van der Waals surface area contributed by atoms with E-state index >= 15 is 0 Å². The molecule has 3 aliphatic heterocycles. The van der Waals surface area contributed by atoms with Gasteiger partial charge in [-0.1, -0.05) is 6.07 Å². The Balaban J connectivity index is 1.77. The molecular weight excluding hydrogens is 258 g/mol. The molecule has 1 aliphatic carbocycles. The van der Waals surface area contributed by atoms with Gasteiger partial charge in [-0.2, -0.15) is 0 Å². The van der Waals surface area contributed by atoms with Crippen molar-refractivity contribution < 1.29 is 0 Å². The van der Waals surface area contributed by atoms with Crippen LogP contribution in [0.25, 0.3) is 10.9 Å². The number of hydrogen-bond acceptors (Lipinski definition) is 2. The molecule has 2 fully saturated rings. The van der Waals surface area contributed by atoms with Crippen LogP contribution in [0.15, 0.2) is 18.2 Å². The van der Waals surface area contributed by atoms with E-state index in [9.17, 15) is 0 Å². The third-order valence-electron chi connectivity index (χ3n) is 6.23. The van der Waals surface area contributed by atoms with Gasteiger partial charge >= 0.3 is 0 Å². The summed E-state index contributed by atoms with van der Waals surface area (Å²) in [6.45, 7) is 2.46. The van der Waals surface area contributed by atoms with Gasteiger partial charge in [0.1, 0.15) is 5.82 Å². The van der Waals surface area contributed by atoms with Gasteiger partial charge in [0, 0.05) is 42.1 Å². The van der Waals surface area contributed by atoms with E-state index in [1.807, 2.05) is 0 Å². The highest BCUT2D eigenvalue weighted by atomic mass is 15.3. The van der Waals surface area contributed by atoms with Crippen LogP contribution >= 0.6 is 0 Å². The van der Waals surface area contributed by atoms with Gasteiger partial charge in [-0.15, -0.1) is 0 Å². The minimum absolute atomic E-state index is 0.0507. The van der Waals surface area contributed by atoms with Crippen LogP contribution in [0.4, 0.5) is 5.82 Å². The van der Waals surface area contributed by atoms with E-state index in [4.69, 9.17) is 5.73 Å². The molecule has 110 valence electrons. The Hall–Kier alpha value is -1.48. The molecule has 1 aromatic heterocycles. The number of nitrogens with zero attached hydrogens (tertiary/aromatic N) is 2. The predicted octanol–water partition coefficient (Wildman–Crippen LogP) is 3.21. The van der Waals surface area contributed by atoms with Crippen molar-refractivity contribution in [3.8, 4) is 0 Å². The molecule has 0 amide bonds. The molecule has 2 bridgehead atoms. The van der Waals surface area contributed by atoms with Crippen molar-refractivity contribution in [3.05, 3.63) is 29.3 Å². The van der Waals surface area contributed by atoms with Crippen LogP contribution < -0.4 is 10.6 Å². The summed E-state index contributed by atoms with van der Waals surface area (Å²) >= 11 is 0. The zero-order valence-corrected chi connectivity index (χ0v) is 12.7. The van der Waals surface area contributed by atoms with Crippen molar-refractivity contribution in [1.82, 2.24) is 4.57 Å². The SMILES string of the molecule is Cn1c2c(c3cc(C4(N)CCC4)ccc31)C1CCN2CC1. The van der Waals surface area contributed by atoms with Crippen LogP contribution in [0, 0.1) is 0 Å². The highest BCUT2D eigenvalue weighted by Crippen LogP contribution is 2.48. The van der Waals surface area contributed by atoms with Gasteiger partial charge in [-0.05, 0) is 55.7 Å². The Bertz CT molecular complexity index is 730. The lowest BCUT2D eigenvalue weighted by Gasteiger charge is -2.41. The lowest BCUT2D eigenvalue weighted by Crippen LogP contribution is -2.43. The largest absolute Gasteiger partial charge is 0.358 e. The molecule has 3 heteroatoms. The fourth-order valence-corrected chi connectivity index (χ4v) is 4.78. The molecular formula is C18H23N3. The number of aromatic nitrogens is 1. The van der Waals surface area contributed by atoms with Gasteiger partial charge in [0.2, 0.25) is 0 Å². The molecule has 1 aromatic carbocycles. The Morgan fingerprint density at radius 1 is 1.19 bits per heavy atom. The number of benzene rings is 1. The van der Waals surface area contributed by atoms with Gasteiger partial charge < -0.3 is 15.2 Å². The van der Waals surface area contributed by atoms with Gasteiger partial charge in [0.05, 0.1) is 0 Å². The standard InChI is InChI=1S/C18H23N3/c1-20-15-4-3-13(18(19)7-2-8-18)11-14(15)16-12-5-9-21(10-6-12)17(16)20/h3-4,11-12H,2,5-10,19H2,1H3. The summed E-state index contributed by atoms with van der Waals surface area (Å²) in [6, 6.07) is 6.98. The molecule has 4 heterocycles. The molecule has 21 heavy (non-hydrogen) atoms. The lowest BCUT2D eigenvalue weighted by molar-refractivity contribution is 0.254. The minimum Gasteiger partial charge on any atom is -0.358 e. The number of rotatable bonds is 1. The molecule has 2 aromatic rings. The minimum atomic E-state index is -0.0507. The van der Waals surface area contributed by atoms with E-state index in [1.54, 1.807) is 5.56 Å². The zero-order valence-electron chi connectivity index (χ0n) is 12.7. The Labute approximate surface area is 125 Å². The van der Waals surface area contributed by atoms with Crippen molar-refractivity contribution in [1.29, 1.82) is 0 Å². The summed E-state index contributed by atoms with van der Waals surface area (Å²) in [5.74, 6) is 2.24. The molecule has 0 unspecified atom stereocenters. The van der Waals surface area contributed by atoms with Crippen LogP contribution in [-0.4, -0.2) is 17.7 Å². The lowest BCUT2D eigenvalue weighted by atomic mass is 9.72. The summed E-state index contributed by atoms with van der Waals surface area (Å²) in [5, 5.41) is 1.47. The fraction of sp³-hybridized carbons (Fsp3) is 0.556. The highest BCUT2D eigenvalue weighted by Gasteiger charge is 2.38. The van der Waals surface area contributed by atoms with Gasteiger partial charge in [0.25, 0.3) is 0 Å². The number of hydrogen-bond donors (Lipinski definition) is 1. The van der Waals surface area contributed by atoms with Crippen molar-refractivity contribution in [2.45, 2.75) is 43.6 Å². The van der Waals surface area contributed by atoms with Crippen LogP contribution in [0.3, 0.4) is 0 Å². The first-order valence-corrected chi connectivity index (χ1v) is 8.34. The van der Waals surface area contributed by atoms with Gasteiger partial charge in [-0.3, -0.25) is 0 Å². The van der Waals surface area contributed by atoms with E-state index in [-0.39, 0.29) is 5.54 Å². The number of piperidine rings is 1. The first-order valence-electron chi connectivity index (χ1n) is 8.34. The summed E-state index contributed by atoms with van der Waals surface area (Å²) in [6.07, 6.45) is 6.21. The predicted molar refractivity (Wildman–Crippen MR) is 86.8 cm³/mol. The number of aryl methyl sites for hydroxylation is 1. The van der Waals surface area contributed by atoms with Gasteiger partial charge in [-0.25, -0.2) is 0 Å². The smallest absolute Gasteiger partial charge is 0.112 e. The first-order chi connectivity index (χ1) is 10.2. The van der Waals surface area contributed by atoms with E-state index in [0.29, 0.717) is 0 Å². The Morgan fingerprint density at radius 3 is 2.62 bits per heavy atom. The average molecular weight is 281 g/mol. The zero-order chi connectivity index (χ0) is 14.2. The second-order valence-corrected chi connectivity index (χ2v) is 7.30. The first kappa shape index (κ1) is 12.1. The molecule has 4 aliphatic rings. The molecule has 2 N–H and O–H groups in total. The second-order valence-electron chi connectivity index (χ2n) is 7.30. The highest BCUT2D eigenvalue weighted by molar-refractivity contribution is 5.92. The normalized spacial score (nSPS) is 23.4. The fourth-order valence-electron chi connectivity index (χ4n) is 4.78. The number of anilines is 1. The molecule has 0 radical (unpaired) electrons. The maximum atomic E-state index is 6.56. The molecule has 1 saturated carbocycles. The van der Waals surface area contributed by atoms with Crippen LogP contribution in [-0.2, 0) is 12.6 Å². The molecule has 0 spiro atoms. The molecule has 3 nitrogen and oxygen atoms in total. The average Bonchev–Trinajstić information content (AvgIpc) is 2.81. The van der Waals surface area contributed by atoms with Gasteiger partial charge in [0.15, 0.2) is 0 Å². The van der Waals surface area contributed by atoms with E-state index in [2.05, 4.69) is 34.7 Å². The molecule has 0 atom stereocenters. The Morgan fingerprint density at radius 2 is 1.95 bits per heavy atom. The summed E-state index contributed by atoms with van der Waals surface area (Å²) in [5.41, 5.74) is 10.8. The second kappa shape index (κ2) is 3.83. The third-order valence-corrected chi connectivity index (χ3v) is 6.23. The number of fused-ring (bicyclic) bond motifs is 3. The van der Waals surface area contributed by atoms with Crippen molar-refractivity contribution >= 4 is 16.7 Å². The van der Waals surface area contributed by atoms with E-state index < -0.39 is 0 Å². The van der Waals surface area contributed by atoms with E-state index in [0.717, 1.165) is 18.8 Å².